The summed E-state index contributed by atoms with van der Waals surface area (Å²) in [7, 11) is -17.8. The molecule has 0 bridgehead atoms. The van der Waals surface area contributed by atoms with Crippen LogP contribution in [0.3, 0.4) is 0 Å². The maximum atomic E-state index is 11.5. The highest BCUT2D eigenvalue weighted by Crippen LogP contribution is 2.60. The summed E-state index contributed by atoms with van der Waals surface area (Å²) in [6, 6.07) is 1.41. The lowest BCUT2D eigenvalue weighted by Gasteiger charge is -2.37. The number of aliphatic hydroxyl groups is 1. The third-order valence-electron chi connectivity index (χ3n) is 3.16. The Kier molecular flexibility index (Phi) is 7.33. The van der Waals surface area contributed by atoms with Gasteiger partial charge in [0.25, 0.3) is 15.6 Å². The summed E-state index contributed by atoms with van der Waals surface area (Å²) in [5.41, 5.74) is 5.47. The fraction of sp³-hybridized carbons (Fsp3) is 0.556. The van der Waals surface area contributed by atoms with Gasteiger partial charge in [-0.2, -0.15) is 0 Å². The second kappa shape index (κ2) is 8.66. The Morgan fingerprint density at radius 3 is 2.50 bits per heavy atom. The van der Waals surface area contributed by atoms with Gasteiger partial charge in [-0.3, -0.25) is 18.0 Å². The highest BCUT2D eigenvalue weighted by Gasteiger charge is 2.36. The molecule has 1 aliphatic heterocycles. The highest BCUT2D eigenvalue weighted by molar-refractivity contribution is 7.71. The summed E-state index contributed by atoms with van der Waals surface area (Å²) in [5.74, 6) is 0.147. The molecule has 15 nitrogen and oxygen atoms in total. The van der Waals surface area contributed by atoms with E-state index in [0.717, 1.165) is 0 Å². The number of anilines is 1. The molecule has 0 amide bonds. The molecule has 1 aliphatic rings. The number of hydrogen-bond donors (Lipinski definition) is 2. The van der Waals surface area contributed by atoms with E-state index in [2.05, 4.69) is 18.1 Å². The predicted molar refractivity (Wildman–Crippen MR) is 82.9 cm³/mol. The van der Waals surface area contributed by atoms with Crippen molar-refractivity contribution in [1.29, 1.82) is 0 Å². The molecular formula is C9H12N3O12P3S-4. The molecule has 0 aliphatic carbocycles. The van der Waals surface area contributed by atoms with Crippen LogP contribution in [-0.4, -0.2) is 33.5 Å². The first-order valence-corrected chi connectivity index (χ1v) is 11.9. The smallest absolute Gasteiger partial charge is 0.278 e. The van der Waals surface area contributed by atoms with Crippen molar-refractivity contribution in [3.63, 3.8) is 0 Å². The van der Waals surface area contributed by atoms with E-state index in [0.29, 0.717) is 0 Å². The Morgan fingerprint density at radius 1 is 1.29 bits per heavy atom. The fourth-order valence-electron chi connectivity index (χ4n) is 2.13. The minimum absolute atomic E-state index is 0.0284. The van der Waals surface area contributed by atoms with Gasteiger partial charge in [0.2, 0.25) is 4.77 Å². The minimum Gasteiger partial charge on any atom is -0.790 e. The van der Waals surface area contributed by atoms with E-state index in [9.17, 15) is 38.4 Å². The van der Waals surface area contributed by atoms with Crippen molar-refractivity contribution < 1.29 is 56.3 Å². The Labute approximate surface area is 162 Å². The summed E-state index contributed by atoms with van der Waals surface area (Å²) < 4.78 is 50.3. The summed E-state index contributed by atoms with van der Waals surface area (Å²) in [6.45, 7) is -0.902. The van der Waals surface area contributed by atoms with E-state index < -0.39 is 48.5 Å². The number of rotatable bonds is 8. The molecule has 28 heavy (non-hydrogen) atoms. The molecule has 5 unspecified atom stereocenters. The van der Waals surface area contributed by atoms with Crippen molar-refractivity contribution in [3.05, 3.63) is 17.0 Å². The van der Waals surface area contributed by atoms with Crippen molar-refractivity contribution in [3.8, 4) is 0 Å². The molecule has 0 spiro atoms. The number of ether oxygens (including phenoxy) is 1. The number of phosphoric acid groups is 3. The monoisotopic (exact) mass is 479 g/mol. The number of nitrogen functional groups attached to an aromatic ring is 1. The first-order valence-electron chi connectivity index (χ1n) is 7.07. The maximum absolute atomic E-state index is 11.5. The van der Waals surface area contributed by atoms with Gasteiger partial charge >= 0.3 is 0 Å². The van der Waals surface area contributed by atoms with Crippen molar-refractivity contribution in [2.45, 2.75) is 24.9 Å². The summed E-state index contributed by atoms with van der Waals surface area (Å²) in [5, 5.41) is 9.96. The van der Waals surface area contributed by atoms with Crippen LogP contribution in [0.4, 0.5) is 5.82 Å². The molecule has 160 valence electrons. The Morgan fingerprint density at radius 2 is 1.93 bits per heavy atom. The van der Waals surface area contributed by atoms with E-state index in [1.165, 1.54) is 16.8 Å². The zero-order chi connectivity index (χ0) is 21.3. The standard InChI is InChI=1S/C9H16N3O12P3S/c10-7-1-2-12(9(28)11-7)8-3-5(13)6(22-8)4-21-26(17,18)24-27(19,20)23-25(14,15)16/h1-2,5-6,8,13H,3-4H2,(H,17,18)(H,19,20)(H2,10,11,28)(H2,14,15,16)/p-4. The van der Waals surface area contributed by atoms with Gasteiger partial charge in [0, 0.05) is 12.6 Å². The SMILES string of the molecule is Nc1ccn(C2CC(O)C(COP(=O)([O-])OP(=O)([O-])OP(=O)([O-])[O-])O2)c(=S)n1. The molecule has 1 fully saturated rings. The average molecular weight is 479 g/mol. The summed E-state index contributed by atoms with van der Waals surface area (Å²) in [4.78, 5) is 46.9. The van der Waals surface area contributed by atoms with Gasteiger partial charge in [0.15, 0.2) is 0 Å². The number of nitrogens with two attached hydrogens (primary N) is 1. The highest BCUT2D eigenvalue weighted by atomic mass is 32.1. The van der Waals surface area contributed by atoms with Crippen LogP contribution in [-0.2, 0) is 31.6 Å². The zero-order valence-corrected chi connectivity index (χ0v) is 17.0. The zero-order valence-electron chi connectivity index (χ0n) is 13.5. The molecule has 2 rings (SSSR count). The summed E-state index contributed by atoms with van der Waals surface area (Å²) in [6.07, 6.45) is -1.97. The third-order valence-corrected chi connectivity index (χ3v) is 7.13. The van der Waals surface area contributed by atoms with Crippen molar-refractivity contribution in [2.24, 2.45) is 0 Å². The van der Waals surface area contributed by atoms with Gasteiger partial charge in [-0.15, -0.1) is 0 Å². The number of nitrogens with zero attached hydrogens (tertiary/aromatic N) is 2. The second-order valence-electron chi connectivity index (χ2n) is 5.28. The normalized spacial score (nSPS) is 27.2. The second-order valence-corrected chi connectivity index (χ2v) is 9.89. The van der Waals surface area contributed by atoms with E-state index in [1.54, 1.807) is 0 Å². The molecule has 0 aromatic carbocycles. The largest absolute Gasteiger partial charge is 0.790 e. The van der Waals surface area contributed by atoms with Crippen LogP contribution in [0.15, 0.2) is 12.3 Å². The van der Waals surface area contributed by atoms with Crippen LogP contribution < -0.4 is 25.3 Å². The number of aromatic nitrogens is 2. The van der Waals surface area contributed by atoms with Gasteiger partial charge in [-0.1, -0.05) is 0 Å². The lowest BCUT2D eigenvalue weighted by molar-refractivity contribution is -0.339. The Hall–Kier alpha value is -0.570. The Balaban J connectivity index is 1.98. The van der Waals surface area contributed by atoms with Crippen LogP contribution in [0.1, 0.15) is 12.6 Å². The molecule has 2 heterocycles. The van der Waals surface area contributed by atoms with Gasteiger partial charge in [-0.05, 0) is 18.3 Å². The number of aliphatic hydroxyl groups excluding tert-OH is 1. The molecule has 19 heteroatoms. The number of hydrogen-bond acceptors (Lipinski definition) is 15. The fourth-order valence-corrected chi connectivity index (χ4v) is 5.28. The van der Waals surface area contributed by atoms with E-state index >= 15 is 0 Å². The van der Waals surface area contributed by atoms with Crippen molar-refractivity contribution >= 4 is 41.5 Å². The van der Waals surface area contributed by atoms with Gasteiger partial charge in [0.05, 0.1) is 20.5 Å². The first kappa shape index (κ1) is 23.7. The van der Waals surface area contributed by atoms with Crippen LogP contribution >= 0.6 is 35.7 Å². The third kappa shape index (κ3) is 7.04. The molecule has 1 saturated heterocycles. The summed E-state index contributed by atoms with van der Waals surface area (Å²) >= 11 is 4.99. The maximum Gasteiger partial charge on any atom is 0.278 e. The van der Waals surface area contributed by atoms with E-state index in [-0.39, 0.29) is 17.0 Å². The molecule has 1 aromatic heterocycles. The first-order chi connectivity index (χ1) is 12.7. The lowest BCUT2D eigenvalue weighted by atomic mass is 10.2. The molecule has 5 atom stereocenters. The van der Waals surface area contributed by atoms with Crippen LogP contribution in [0, 0.1) is 4.77 Å². The Bertz CT molecular complexity index is 919. The molecule has 0 radical (unpaired) electrons. The van der Waals surface area contributed by atoms with Gasteiger partial charge < -0.3 is 44.2 Å². The quantitative estimate of drug-likeness (QED) is 0.293. The molecular weight excluding hydrogens is 467 g/mol. The molecule has 0 saturated carbocycles. The molecule has 1 aromatic rings. The van der Waals surface area contributed by atoms with Crippen molar-refractivity contribution in [1.82, 2.24) is 9.55 Å². The molecule has 3 N–H and O–H groups in total. The van der Waals surface area contributed by atoms with Crippen LogP contribution in [0.25, 0.3) is 0 Å². The average Bonchev–Trinajstić information content (AvgIpc) is 2.82. The van der Waals surface area contributed by atoms with Crippen molar-refractivity contribution in [2.75, 3.05) is 12.3 Å². The van der Waals surface area contributed by atoms with Gasteiger partial charge in [-0.25, -0.2) is 9.29 Å². The lowest BCUT2D eigenvalue weighted by Crippen LogP contribution is -2.27. The van der Waals surface area contributed by atoms with Crippen LogP contribution in [0.5, 0.6) is 0 Å². The predicted octanol–water partition coefficient (Wildman–Crippen LogP) is -2.34. The van der Waals surface area contributed by atoms with Gasteiger partial charge in [0.1, 0.15) is 18.1 Å². The number of phosphoric ester groups is 1. The van der Waals surface area contributed by atoms with E-state index in [1.807, 2.05) is 0 Å². The van der Waals surface area contributed by atoms with E-state index in [4.69, 9.17) is 22.7 Å². The van der Waals surface area contributed by atoms with Crippen LogP contribution in [0.2, 0.25) is 0 Å². The topological polar surface area (TPSA) is 244 Å². The minimum atomic E-state index is -6.08.